The summed E-state index contributed by atoms with van der Waals surface area (Å²) in [4.78, 5) is 0. The molecular weight excluding hydrogens is 144 g/mol. The van der Waals surface area contributed by atoms with Crippen LogP contribution in [0.25, 0.3) is 0 Å². The second-order valence-corrected chi connectivity index (χ2v) is 4.13. The van der Waals surface area contributed by atoms with Crippen LogP contribution in [0.5, 0.6) is 0 Å². The minimum Gasteiger partial charge on any atom is -0.0811 e. The number of hydrogen-bond acceptors (Lipinski definition) is 0. The summed E-state index contributed by atoms with van der Waals surface area (Å²) in [5, 5.41) is 0. The van der Waals surface area contributed by atoms with E-state index >= 15 is 0 Å². The molecule has 0 amide bonds. The smallest absolute Gasteiger partial charge is 0.0216 e. The first-order chi connectivity index (χ1) is 5.75. The quantitative estimate of drug-likeness (QED) is 0.509. The molecule has 0 aromatic carbocycles. The molecule has 0 heterocycles. The Bertz CT molecular complexity index is 238. The minimum absolute atomic E-state index is 0.761. The highest BCUT2D eigenvalue weighted by molar-refractivity contribution is 5.40. The van der Waals surface area contributed by atoms with E-state index < -0.39 is 0 Å². The van der Waals surface area contributed by atoms with Crippen LogP contribution in [0.15, 0.2) is 35.5 Å². The lowest BCUT2D eigenvalue weighted by Gasteiger charge is -2.03. The molecule has 12 heavy (non-hydrogen) atoms. The van der Waals surface area contributed by atoms with E-state index in [-0.39, 0.29) is 0 Å². The van der Waals surface area contributed by atoms with Crippen molar-refractivity contribution in [3.8, 4) is 0 Å². The molecule has 0 fully saturated rings. The number of rotatable bonds is 0. The molecule has 0 saturated carbocycles. The van der Waals surface area contributed by atoms with Crippen LogP contribution in [-0.2, 0) is 0 Å². The number of allylic oxidation sites excluding steroid dienone is 6. The van der Waals surface area contributed by atoms with E-state index in [1.807, 2.05) is 0 Å². The summed E-state index contributed by atoms with van der Waals surface area (Å²) in [6, 6.07) is 0. The van der Waals surface area contributed by atoms with Crippen molar-refractivity contribution in [3.63, 3.8) is 0 Å². The van der Waals surface area contributed by atoms with Gasteiger partial charge >= 0.3 is 0 Å². The highest BCUT2D eigenvalue weighted by Gasteiger charge is 2.15. The van der Waals surface area contributed by atoms with Crippen molar-refractivity contribution in [2.45, 2.75) is 26.7 Å². The van der Waals surface area contributed by atoms with E-state index in [4.69, 9.17) is 0 Å². The van der Waals surface area contributed by atoms with Crippen LogP contribution < -0.4 is 0 Å². The van der Waals surface area contributed by atoms with E-state index in [9.17, 15) is 0 Å². The Morgan fingerprint density at radius 1 is 0.917 bits per heavy atom. The number of hydrogen-bond donors (Lipinski definition) is 0. The van der Waals surface area contributed by atoms with Crippen LogP contribution in [0.3, 0.4) is 0 Å². The molecular formula is C12H16. The zero-order chi connectivity index (χ0) is 8.55. The fourth-order valence-corrected chi connectivity index (χ4v) is 2.00. The Labute approximate surface area is 74.7 Å². The predicted octanol–water partition coefficient (Wildman–Crippen LogP) is 3.48. The topological polar surface area (TPSA) is 0 Å². The molecule has 2 rings (SSSR count). The molecule has 0 spiro atoms. The first-order valence-electron chi connectivity index (χ1n) is 4.84. The van der Waals surface area contributed by atoms with Crippen LogP contribution in [0.2, 0.25) is 0 Å². The van der Waals surface area contributed by atoms with Crippen molar-refractivity contribution in [2.24, 2.45) is 11.8 Å². The summed E-state index contributed by atoms with van der Waals surface area (Å²) < 4.78 is 0. The monoisotopic (exact) mass is 160 g/mol. The van der Waals surface area contributed by atoms with Gasteiger partial charge in [-0.3, -0.25) is 0 Å². The zero-order valence-electron chi connectivity index (χ0n) is 7.88. The van der Waals surface area contributed by atoms with Crippen molar-refractivity contribution in [2.75, 3.05) is 0 Å². The molecule has 0 bridgehead atoms. The summed E-state index contributed by atoms with van der Waals surface area (Å²) >= 11 is 0. The van der Waals surface area contributed by atoms with Crippen LogP contribution in [0.4, 0.5) is 0 Å². The van der Waals surface area contributed by atoms with Gasteiger partial charge in [0.25, 0.3) is 0 Å². The molecule has 0 aromatic rings. The van der Waals surface area contributed by atoms with Crippen LogP contribution in [-0.4, -0.2) is 0 Å². The molecule has 0 aliphatic heterocycles. The van der Waals surface area contributed by atoms with Gasteiger partial charge in [-0.25, -0.2) is 0 Å². The van der Waals surface area contributed by atoms with E-state index in [1.165, 1.54) is 12.8 Å². The Hall–Kier alpha value is -0.780. The predicted molar refractivity (Wildman–Crippen MR) is 52.9 cm³/mol. The van der Waals surface area contributed by atoms with Gasteiger partial charge in [0.05, 0.1) is 0 Å². The van der Waals surface area contributed by atoms with E-state index in [2.05, 4.69) is 38.2 Å². The Morgan fingerprint density at radius 2 is 1.33 bits per heavy atom. The van der Waals surface area contributed by atoms with Gasteiger partial charge < -0.3 is 0 Å². The normalized spacial score (nSPS) is 39.8. The van der Waals surface area contributed by atoms with Gasteiger partial charge in [-0.05, 0) is 35.8 Å². The highest BCUT2D eigenvalue weighted by atomic mass is 14.2. The third-order valence-corrected chi connectivity index (χ3v) is 2.75. The molecule has 2 unspecified atom stereocenters. The van der Waals surface area contributed by atoms with Crippen molar-refractivity contribution in [1.29, 1.82) is 0 Å². The summed E-state index contributed by atoms with van der Waals surface area (Å²) in [7, 11) is 0. The first-order valence-corrected chi connectivity index (χ1v) is 4.84. The Balaban J connectivity index is 2.18. The molecule has 0 radical (unpaired) electrons. The summed E-state index contributed by atoms with van der Waals surface area (Å²) in [6.07, 6.45) is 11.8. The standard InChI is InChI=1S/C12H16/c1-9-3-5-11(7-9)12-6-4-10(2)8-12/h3-6,9-10H,7-8H2,1-2H3/b12-11+. The van der Waals surface area contributed by atoms with Crippen molar-refractivity contribution >= 4 is 0 Å². The second-order valence-electron chi connectivity index (χ2n) is 4.13. The maximum absolute atomic E-state index is 2.32. The lowest BCUT2D eigenvalue weighted by atomic mass is 10.0. The second kappa shape index (κ2) is 2.93. The molecule has 2 aliphatic carbocycles. The van der Waals surface area contributed by atoms with Crippen molar-refractivity contribution in [3.05, 3.63) is 35.5 Å². The van der Waals surface area contributed by atoms with Gasteiger partial charge in [0.15, 0.2) is 0 Å². The van der Waals surface area contributed by atoms with Gasteiger partial charge in [0.1, 0.15) is 0 Å². The highest BCUT2D eigenvalue weighted by Crippen LogP contribution is 2.32. The lowest BCUT2D eigenvalue weighted by molar-refractivity contribution is 0.730. The molecule has 64 valence electrons. The third kappa shape index (κ3) is 1.38. The summed E-state index contributed by atoms with van der Waals surface area (Å²) in [5.74, 6) is 1.52. The lowest BCUT2D eigenvalue weighted by Crippen LogP contribution is -1.88. The molecule has 0 aromatic heterocycles. The molecule has 2 atom stereocenters. The minimum atomic E-state index is 0.761. The van der Waals surface area contributed by atoms with E-state index in [1.54, 1.807) is 11.1 Å². The third-order valence-electron chi connectivity index (χ3n) is 2.75. The van der Waals surface area contributed by atoms with Crippen LogP contribution in [0, 0.1) is 11.8 Å². The summed E-state index contributed by atoms with van der Waals surface area (Å²) in [6.45, 7) is 4.57. The maximum atomic E-state index is 2.32. The Kier molecular flexibility index (Phi) is 1.92. The SMILES string of the molecule is CC1C=C/C(=C2/C=CC(C)C2)C1. The van der Waals surface area contributed by atoms with Gasteiger partial charge in [-0.15, -0.1) is 0 Å². The van der Waals surface area contributed by atoms with Gasteiger partial charge in [-0.2, -0.15) is 0 Å². The van der Waals surface area contributed by atoms with Gasteiger partial charge in [-0.1, -0.05) is 38.2 Å². The zero-order valence-corrected chi connectivity index (χ0v) is 7.88. The van der Waals surface area contributed by atoms with Crippen molar-refractivity contribution < 1.29 is 0 Å². The average Bonchev–Trinajstić information content (AvgIpc) is 2.58. The van der Waals surface area contributed by atoms with Crippen LogP contribution in [0.1, 0.15) is 26.7 Å². The summed E-state index contributed by atoms with van der Waals surface area (Å²) in [5.41, 5.74) is 3.14. The Morgan fingerprint density at radius 3 is 1.58 bits per heavy atom. The molecule has 0 heteroatoms. The van der Waals surface area contributed by atoms with E-state index in [0.717, 1.165) is 11.8 Å². The largest absolute Gasteiger partial charge is 0.0811 e. The maximum Gasteiger partial charge on any atom is -0.0216 e. The molecule has 0 nitrogen and oxygen atoms in total. The van der Waals surface area contributed by atoms with Gasteiger partial charge in [0.2, 0.25) is 0 Å². The first kappa shape index (κ1) is 7.85. The van der Waals surface area contributed by atoms with Gasteiger partial charge in [0, 0.05) is 0 Å². The molecule has 0 N–H and O–H groups in total. The van der Waals surface area contributed by atoms with Crippen molar-refractivity contribution in [1.82, 2.24) is 0 Å². The fraction of sp³-hybridized carbons (Fsp3) is 0.500. The molecule has 2 aliphatic rings. The molecule has 0 saturated heterocycles. The van der Waals surface area contributed by atoms with E-state index in [0.29, 0.717) is 0 Å². The average molecular weight is 160 g/mol. The van der Waals surface area contributed by atoms with Crippen LogP contribution >= 0.6 is 0 Å². The fourth-order valence-electron chi connectivity index (χ4n) is 2.00.